The molecule has 0 aliphatic rings. The fraction of sp³-hybridized carbons (Fsp3) is 0.429. The topological polar surface area (TPSA) is 71.8 Å². The fourth-order valence-electron chi connectivity index (χ4n) is 0.983. The molecule has 3 N–H and O–H groups in total. The highest BCUT2D eigenvalue weighted by Crippen LogP contribution is 2.05. The lowest BCUT2D eigenvalue weighted by Crippen LogP contribution is -2.13. The van der Waals surface area contributed by atoms with Gasteiger partial charge in [0.05, 0.1) is 6.20 Å². The molecule has 0 aliphatic carbocycles. The molecule has 0 atom stereocenters. The standard InChI is InChI=1S/C7H11N3O/c1-2-3-5-4-9-10-6(5)7(8)11/h4H,2-3H2,1H3,(H2,8,11)(H,9,10). The van der Waals surface area contributed by atoms with Crippen molar-refractivity contribution >= 4 is 5.91 Å². The lowest BCUT2D eigenvalue weighted by molar-refractivity contribution is 0.0994. The zero-order valence-corrected chi connectivity index (χ0v) is 6.42. The zero-order valence-electron chi connectivity index (χ0n) is 6.42. The number of carbonyl (C=O) groups excluding carboxylic acids is 1. The van der Waals surface area contributed by atoms with Crippen LogP contribution in [0.2, 0.25) is 0 Å². The number of aromatic nitrogens is 2. The number of nitrogens with one attached hydrogen (secondary N) is 1. The quantitative estimate of drug-likeness (QED) is 0.662. The van der Waals surface area contributed by atoms with E-state index in [2.05, 4.69) is 10.2 Å². The third-order valence-corrected chi connectivity index (χ3v) is 1.48. The number of aryl methyl sites for hydroxylation is 1. The van der Waals surface area contributed by atoms with Gasteiger partial charge in [-0.25, -0.2) is 0 Å². The van der Waals surface area contributed by atoms with E-state index < -0.39 is 5.91 Å². The first-order chi connectivity index (χ1) is 5.25. The van der Waals surface area contributed by atoms with E-state index in [9.17, 15) is 4.79 Å². The number of rotatable bonds is 3. The molecule has 0 unspecified atom stereocenters. The molecule has 1 heterocycles. The van der Waals surface area contributed by atoms with E-state index in [1.54, 1.807) is 6.20 Å². The Balaban J connectivity index is 2.87. The highest BCUT2D eigenvalue weighted by Gasteiger charge is 2.08. The summed E-state index contributed by atoms with van der Waals surface area (Å²) in [4.78, 5) is 10.7. The van der Waals surface area contributed by atoms with Gasteiger partial charge in [-0.2, -0.15) is 5.10 Å². The Morgan fingerprint density at radius 1 is 1.82 bits per heavy atom. The van der Waals surface area contributed by atoms with Crippen molar-refractivity contribution < 1.29 is 4.79 Å². The normalized spacial score (nSPS) is 9.91. The van der Waals surface area contributed by atoms with Gasteiger partial charge in [0.2, 0.25) is 0 Å². The van der Waals surface area contributed by atoms with E-state index in [1.807, 2.05) is 6.92 Å². The number of amides is 1. The molecule has 60 valence electrons. The van der Waals surface area contributed by atoms with Crippen LogP contribution < -0.4 is 5.73 Å². The van der Waals surface area contributed by atoms with Crippen molar-refractivity contribution in [3.8, 4) is 0 Å². The number of hydrogen-bond donors (Lipinski definition) is 2. The molecule has 0 aliphatic heterocycles. The van der Waals surface area contributed by atoms with Crippen LogP contribution in [0, 0.1) is 0 Å². The van der Waals surface area contributed by atoms with Crippen LogP contribution in [0.3, 0.4) is 0 Å². The summed E-state index contributed by atoms with van der Waals surface area (Å²) < 4.78 is 0. The third-order valence-electron chi connectivity index (χ3n) is 1.48. The Morgan fingerprint density at radius 3 is 3.09 bits per heavy atom. The first-order valence-corrected chi connectivity index (χ1v) is 3.57. The SMILES string of the molecule is CCCc1cn[nH]c1C(N)=O. The molecule has 0 bridgehead atoms. The van der Waals surface area contributed by atoms with Gasteiger partial charge in [-0.15, -0.1) is 0 Å². The molecular formula is C7H11N3O. The van der Waals surface area contributed by atoms with Gasteiger partial charge in [-0.05, 0) is 6.42 Å². The monoisotopic (exact) mass is 153 g/mol. The van der Waals surface area contributed by atoms with E-state index in [1.165, 1.54) is 0 Å². The number of aromatic amines is 1. The molecule has 0 spiro atoms. The van der Waals surface area contributed by atoms with E-state index in [-0.39, 0.29) is 0 Å². The van der Waals surface area contributed by atoms with Crippen LogP contribution in [0.15, 0.2) is 6.20 Å². The van der Waals surface area contributed by atoms with Crippen LogP contribution in [0.5, 0.6) is 0 Å². The minimum Gasteiger partial charge on any atom is -0.364 e. The third kappa shape index (κ3) is 1.58. The average molecular weight is 153 g/mol. The smallest absolute Gasteiger partial charge is 0.266 e. The maximum Gasteiger partial charge on any atom is 0.266 e. The first-order valence-electron chi connectivity index (χ1n) is 3.57. The second-order valence-electron chi connectivity index (χ2n) is 2.38. The Labute approximate surface area is 64.8 Å². The maximum atomic E-state index is 10.7. The van der Waals surface area contributed by atoms with Crippen molar-refractivity contribution in [2.75, 3.05) is 0 Å². The molecule has 4 nitrogen and oxygen atoms in total. The maximum absolute atomic E-state index is 10.7. The van der Waals surface area contributed by atoms with Gasteiger partial charge in [0.15, 0.2) is 0 Å². The van der Waals surface area contributed by atoms with Crippen molar-refractivity contribution in [1.29, 1.82) is 0 Å². The Morgan fingerprint density at radius 2 is 2.55 bits per heavy atom. The van der Waals surface area contributed by atoms with Gasteiger partial charge in [0.1, 0.15) is 5.69 Å². The van der Waals surface area contributed by atoms with E-state index in [4.69, 9.17) is 5.73 Å². The number of hydrogen-bond acceptors (Lipinski definition) is 2. The summed E-state index contributed by atoms with van der Waals surface area (Å²) in [6.45, 7) is 2.04. The Kier molecular flexibility index (Phi) is 2.25. The van der Waals surface area contributed by atoms with Gasteiger partial charge >= 0.3 is 0 Å². The van der Waals surface area contributed by atoms with Crippen molar-refractivity contribution in [2.24, 2.45) is 5.73 Å². The molecule has 0 saturated carbocycles. The first kappa shape index (κ1) is 7.78. The largest absolute Gasteiger partial charge is 0.364 e. The lowest BCUT2D eigenvalue weighted by atomic mass is 10.1. The summed E-state index contributed by atoms with van der Waals surface area (Å²) in [5.74, 6) is -0.439. The fourth-order valence-corrected chi connectivity index (χ4v) is 0.983. The highest BCUT2D eigenvalue weighted by atomic mass is 16.1. The molecule has 11 heavy (non-hydrogen) atoms. The average Bonchev–Trinajstić information content (AvgIpc) is 2.36. The molecular weight excluding hydrogens is 142 g/mol. The van der Waals surface area contributed by atoms with Crippen molar-refractivity contribution in [3.63, 3.8) is 0 Å². The summed E-state index contributed by atoms with van der Waals surface area (Å²) in [6.07, 6.45) is 3.47. The summed E-state index contributed by atoms with van der Waals surface area (Å²) in [6, 6.07) is 0. The number of carbonyl (C=O) groups is 1. The summed E-state index contributed by atoms with van der Waals surface area (Å²) in [5.41, 5.74) is 6.42. The number of H-pyrrole nitrogens is 1. The second-order valence-corrected chi connectivity index (χ2v) is 2.38. The van der Waals surface area contributed by atoms with Gasteiger partial charge in [-0.1, -0.05) is 13.3 Å². The summed E-state index contributed by atoms with van der Waals surface area (Å²) in [5, 5.41) is 6.30. The molecule has 1 rings (SSSR count). The number of primary amides is 1. The zero-order chi connectivity index (χ0) is 8.27. The van der Waals surface area contributed by atoms with Crippen molar-refractivity contribution in [1.82, 2.24) is 10.2 Å². The van der Waals surface area contributed by atoms with Crippen molar-refractivity contribution in [2.45, 2.75) is 19.8 Å². The molecule has 4 heteroatoms. The van der Waals surface area contributed by atoms with Gasteiger partial charge < -0.3 is 5.73 Å². The van der Waals surface area contributed by atoms with Crippen LogP contribution in [0.1, 0.15) is 29.4 Å². The minimum atomic E-state index is -0.439. The Bertz CT molecular complexity index is 254. The molecule has 1 amide bonds. The predicted molar refractivity (Wildman–Crippen MR) is 41.1 cm³/mol. The van der Waals surface area contributed by atoms with Crippen LogP contribution in [0.4, 0.5) is 0 Å². The molecule has 1 aromatic heterocycles. The predicted octanol–water partition coefficient (Wildman–Crippen LogP) is 0.461. The summed E-state index contributed by atoms with van der Waals surface area (Å²) >= 11 is 0. The molecule has 0 aromatic carbocycles. The molecule has 0 saturated heterocycles. The Hall–Kier alpha value is -1.32. The van der Waals surface area contributed by atoms with E-state index in [0.29, 0.717) is 5.69 Å². The van der Waals surface area contributed by atoms with Gasteiger partial charge in [-0.3, -0.25) is 9.89 Å². The van der Waals surface area contributed by atoms with E-state index in [0.717, 1.165) is 18.4 Å². The highest BCUT2D eigenvalue weighted by molar-refractivity contribution is 5.92. The number of nitrogens with zero attached hydrogens (tertiary/aromatic N) is 1. The number of nitrogens with two attached hydrogens (primary N) is 1. The lowest BCUT2D eigenvalue weighted by Gasteiger charge is -1.94. The molecule has 0 radical (unpaired) electrons. The molecule has 1 aromatic rings. The molecule has 0 fully saturated rings. The van der Waals surface area contributed by atoms with Crippen LogP contribution in [-0.4, -0.2) is 16.1 Å². The van der Waals surface area contributed by atoms with E-state index >= 15 is 0 Å². The summed E-state index contributed by atoms with van der Waals surface area (Å²) in [7, 11) is 0. The van der Waals surface area contributed by atoms with Crippen molar-refractivity contribution in [3.05, 3.63) is 17.5 Å². The van der Waals surface area contributed by atoms with Gasteiger partial charge in [0, 0.05) is 5.56 Å². The van der Waals surface area contributed by atoms with Gasteiger partial charge in [0.25, 0.3) is 5.91 Å². The van der Waals surface area contributed by atoms with Crippen LogP contribution >= 0.6 is 0 Å². The minimum absolute atomic E-state index is 0.437. The second kappa shape index (κ2) is 3.18. The van der Waals surface area contributed by atoms with Crippen LogP contribution in [0.25, 0.3) is 0 Å². The van der Waals surface area contributed by atoms with Crippen LogP contribution in [-0.2, 0) is 6.42 Å².